The molecule has 1 aliphatic heterocycles. The van der Waals surface area contributed by atoms with Gasteiger partial charge in [0.15, 0.2) is 0 Å². The van der Waals surface area contributed by atoms with Crippen LogP contribution in [0.1, 0.15) is 10.4 Å². The molecule has 0 saturated heterocycles. The van der Waals surface area contributed by atoms with Crippen molar-refractivity contribution >= 4 is 29.5 Å². The van der Waals surface area contributed by atoms with Crippen LogP contribution < -0.4 is 0 Å². The molecular weight excluding hydrogens is 252 g/mol. The van der Waals surface area contributed by atoms with Crippen molar-refractivity contribution in [3.63, 3.8) is 0 Å². The number of benzene rings is 2. The largest absolute Gasteiger partial charge is 0.478 e. The molecule has 2 aromatic carbocycles. The van der Waals surface area contributed by atoms with E-state index in [0.717, 1.165) is 9.79 Å². The summed E-state index contributed by atoms with van der Waals surface area (Å²) in [6.45, 7) is 0. The minimum Gasteiger partial charge on any atom is -0.478 e. The van der Waals surface area contributed by atoms with Gasteiger partial charge in [-0.1, -0.05) is 35.7 Å². The zero-order chi connectivity index (χ0) is 11.8. The lowest BCUT2D eigenvalue weighted by Crippen LogP contribution is -1.98. The summed E-state index contributed by atoms with van der Waals surface area (Å²) in [6.07, 6.45) is 0. The number of carboxylic acids is 1. The van der Waals surface area contributed by atoms with Gasteiger partial charge in [0, 0.05) is 19.6 Å². The Labute approximate surface area is 107 Å². The molecule has 0 fully saturated rings. The summed E-state index contributed by atoms with van der Waals surface area (Å²) in [4.78, 5) is 15.5. The summed E-state index contributed by atoms with van der Waals surface area (Å²) in [5.41, 5.74) is 0.344. The van der Waals surface area contributed by atoms with Gasteiger partial charge in [0.05, 0.1) is 5.56 Å². The second kappa shape index (κ2) is 4.13. The van der Waals surface area contributed by atoms with Crippen LogP contribution in [0.15, 0.2) is 62.0 Å². The third-order valence-corrected chi connectivity index (χ3v) is 5.02. The zero-order valence-electron chi connectivity index (χ0n) is 8.71. The zero-order valence-corrected chi connectivity index (χ0v) is 10.3. The standard InChI is InChI=1S/C13H8O2S2/c14-13(15)8-5-6-11-12(7-8)17-10-4-2-1-3-9(10)16-11/h1-7H,(H,14,15). The third kappa shape index (κ3) is 1.94. The number of hydrogen-bond donors (Lipinski definition) is 1. The fourth-order valence-electron chi connectivity index (χ4n) is 1.66. The Hall–Kier alpha value is -1.39. The van der Waals surface area contributed by atoms with Crippen LogP contribution in [0.2, 0.25) is 0 Å². The molecule has 0 unspecified atom stereocenters. The summed E-state index contributed by atoms with van der Waals surface area (Å²) in [6, 6.07) is 13.4. The van der Waals surface area contributed by atoms with E-state index < -0.39 is 5.97 Å². The van der Waals surface area contributed by atoms with Crippen molar-refractivity contribution in [3.8, 4) is 0 Å². The van der Waals surface area contributed by atoms with Crippen LogP contribution in [-0.4, -0.2) is 11.1 Å². The van der Waals surface area contributed by atoms with Crippen molar-refractivity contribution in [2.45, 2.75) is 19.6 Å². The lowest BCUT2D eigenvalue weighted by atomic mass is 10.2. The summed E-state index contributed by atoms with van der Waals surface area (Å²) in [5, 5.41) is 8.97. The van der Waals surface area contributed by atoms with E-state index in [9.17, 15) is 4.79 Å². The van der Waals surface area contributed by atoms with Crippen LogP contribution in [-0.2, 0) is 0 Å². The highest BCUT2D eigenvalue weighted by atomic mass is 32.2. The average molecular weight is 260 g/mol. The van der Waals surface area contributed by atoms with Crippen LogP contribution in [0, 0.1) is 0 Å². The second-order valence-corrected chi connectivity index (χ2v) is 5.79. The van der Waals surface area contributed by atoms with E-state index in [2.05, 4.69) is 12.1 Å². The van der Waals surface area contributed by atoms with Crippen molar-refractivity contribution in [2.24, 2.45) is 0 Å². The van der Waals surface area contributed by atoms with Gasteiger partial charge >= 0.3 is 5.97 Å². The van der Waals surface area contributed by atoms with Crippen molar-refractivity contribution in [3.05, 3.63) is 48.0 Å². The first-order valence-corrected chi connectivity index (χ1v) is 6.69. The molecule has 4 heteroatoms. The SMILES string of the molecule is O=C(O)c1ccc2c(c1)Sc1ccccc1S2. The summed E-state index contributed by atoms with van der Waals surface area (Å²) < 4.78 is 0. The molecule has 1 N–H and O–H groups in total. The molecule has 0 bridgehead atoms. The van der Waals surface area contributed by atoms with Gasteiger partial charge in [-0.15, -0.1) is 0 Å². The normalized spacial score (nSPS) is 12.7. The Morgan fingerprint density at radius 3 is 2.12 bits per heavy atom. The molecule has 0 spiro atoms. The fraction of sp³-hybridized carbons (Fsp3) is 0. The first-order valence-electron chi connectivity index (χ1n) is 5.06. The minimum atomic E-state index is -0.878. The Balaban J connectivity index is 2.06. The molecule has 0 amide bonds. The second-order valence-electron chi connectivity index (χ2n) is 3.62. The van der Waals surface area contributed by atoms with Gasteiger partial charge in [-0.05, 0) is 30.3 Å². The van der Waals surface area contributed by atoms with Crippen LogP contribution in [0.4, 0.5) is 0 Å². The van der Waals surface area contributed by atoms with Gasteiger partial charge in [-0.3, -0.25) is 0 Å². The smallest absolute Gasteiger partial charge is 0.335 e. The van der Waals surface area contributed by atoms with Gasteiger partial charge in [-0.2, -0.15) is 0 Å². The predicted molar refractivity (Wildman–Crippen MR) is 68.1 cm³/mol. The monoisotopic (exact) mass is 260 g/mol. The molecule has 0 saturated carbocycles. The number of hydrogen-bond acceptors (Lipinski definition) is 3. The topological polar surface area (TPSA) is 37.3 Å². The molecule has 0 aromatic heterocycles. The van der Waals surface area contributed by atoms with Crippen molar-refractivity contribution < 1.29 is 9.90 Å². The molecule has 0 aliphatic carbocycles. The quantitative estimate of drug-likeness (QED) is 0.717. The molecule has 17 heavy (non-hydrogen) atoms. The maximum atomic E-state index is 10.9. The first-order chi connectivity index (χ1) is 8.24. The van der Waals surface area contributed by atoms with Gasteiger partial charge in [0.2, 0.25) is 0 Å². The van der Waals surface area contributed by atoms with Crippen LogP contribution in [0.5, 0.6) is 0 Å². The molecule has 2 nitrogen and oxygen atoms in total. The number of rotatable bonds is 1. The van der Waals surface area contributed by atoms with E-state index in [4.69, 9.17) is 5.11 Å². The van der Waals surface area contributed by atoms with E-state index in [1.54, 1.807) is 35.7 Å². The van der Waals surface area contributed by atoms with Gasteiger partial charge in [0.1, 0.15) is 0 Å². The van der Waals surface area contributed by atoms with Gasteiger partial charge in [0.25, 0.3) is 0 Å². The predicted octanol–water partition coefficient (Wildman–Crippen LogP) is 4.00. The number of carboxylic acid groups (broad SMARTS) is 1. The highest BCUT2D eigenvalue weighted by Gasteiger charge is 2.17. The number of carbonyl (C=O) groups is 1. The van der Waals surface area contributed by atoms with Crippen LogP contribution in [0.3, 0.4) is 0 Å². The Kier molecular flexibility index (Phi) is 2.61. The molecular formula is C13H8O2S2. The Bertz CT molecular complexity index is 608. The fourth-order valence-corrected chi connectivity index (χ4v) is 3.92. The molecule has 0 atom stereocenters. The van der Waals surface area contributed by atoms with Crippen molar-refractivity contribution in [1.82, 2.24) is 0 Å². The minimum absolute atomic E-state index is 0.344. The summed E-state index contributed by atoms with van der Waals surface area (Å²) in [5.74, 6) is -0.878. The van der Waals surface area contributed by atoms with Crippen LogP contribution >= 0.6 is 23.5 Å². The van der Waals surface area contributed by atoms with Crippen molar-refractivity contribution in [2.75, 3.05) is 0 Å². The van der Waals surface area contributed by atoms with Gasteiger partial charge < -0.3 is 5.11 Å². The van der Waals surface area contributed by atoms with Crippen LogP contribution in [0.25, 0.3) is 0 Å². The maximum Gasteiger partial charge on any atom is 0.335 e. The molecule has 1 aliphatic rings. The van der Waals surface area contributed by atoms with Crippen molar-refractivity contribution in [1.29, 1.82) is 0 Å². The van der Waals surface area contributed by atoms with E-state index in [1.165, 1.54) is 9.79 Å². The highest BCUT2D eigenvalue weighted by molar-refractivity contribution is 8.05. The van der Waals surface area contributed by atoms with E-state index in [0.29, 0.717) is 5.56 Å². The molecule has 0 radical (unpaired) electrons. The Morgan fingerprint density at radius 1 is 0.882 bits per heavy atom. The molecule has 3 rings (SSSR count). The molecule has 2 aromatic rings. The Morgan fingerprint density at radius 2 is 1.47 bits per heavy atom. The maximum absolute atomic E-state index is 10.9. The van der Waals surface area contributed by atoms with E-state index >= 15 is 0 Å². The summed E-state index contributed by atoms with van der Waals surface area (Å²) >= 11 is 3.32. The molecule has 84 valence electrons. The van der Waals surface area contributed by atoms with E-state index in [-0.39, 0.29) is 0 Å². The van der Waals surface area contributed by atoms with Gasteiger partial charge in [-0.25, -0.2) is 4.79 Å². The lowest BCUT2D eigenvalue weighted by molar-refractivity contribution is 0.0696. The third-order valence-electron chi connectivity index (χ3n) is 2.48. The number of fused-ring (bicyclic) bond motifs is 2. The number of aromatic carboxylic acids is 1. The first kappa shape index (κ1) is 10.7. The summed E-state index contributed by atoms with van der Waals surface area (Å²) in [7, 11) is 0. The highest BCUT2D eigenvalue weighted by Crippen LogP contribution is 2.48. The molecule has 1 heterocycles. The average Bonchev–Trinajstić information content (AvgIpc) is 2.35. The lowest BCUT2D eigenvalue weighted by Gasteiger charge is -2.18. The van der Waals surface area contributed by atoms with E-state index in [1.807, 2.05) is 18.2 Å².